The number of benzene rings is 4. The first-order valence-electron chi connectivity index (χ1n) is 14.4. The van der Waals surface area contributed by atoms with E-state index in [0.717, 1.165) is 27.8 Å². The molecule has 1 aliphatic carbocycles. The van der Waals surface area contributed by atoms with Crippen LogP contribution in [0.5, 0.6) is 5.75 Å². The van der Waals surface area contributed by atoms with Crippen molar-refractivity contribution in [2.24, 2.45) is 5.73 Å². The molecule has 2 N–H and O–H groups in total. The number of hydrogen-bond acceptors (Lipinski definition) is 8. The highest BCUT2D eigenvalue weighted by Crippen LogP contribution is 2.44. The standard InChI is InChI=1S/C35H35NO7S/c1-22(2)42-33(37)20-31(24-9-8-10-25(19-24)43-44(39,40)26-17-15-23(3)16-18-26)34(36)35(38)41-21-32-29-13-6-4-11-27(29)28-12-5-7-14-30(28)32/h4-19,22,31-32,34H,20-21,36H2,1-3H3. The highest BCUT2D eigenvalue weighted by molar-refractivity contribution is 7.87. The molecule has 0 aromatic heterocycles. The molecule has 0 radical (unpaired) electrons. The van der Waals surface area contributed by atoms with Gasteiger partial charge in [0.2, 0.25) is 0 Å². The smallest absolute Gasteiger partial charge is 0.339 e. The summed E-state index contributed by atoms with van der Waals surface area (Å²) in [5, 5.41) is 0. The zero-order valence-electron chi connectivity index (χ0n) is 24.8. The van der Waals surface area contributed by atoms with E-state index in [1.807, 2.05) is 55.5 Å². The van der Waals surface area contributed by atoms with Crippen LogP contribution in [0, 0.1) is 6.92 Å². The number of nitrogens with two attached hydrogens (primary N) is 1. The number of hydrogen-bond donors (Lipinski definition) is 1. The highest BCUT2D eigenvalue weighted by atomic mass is 32.2. The van der Waals surface area contributed by atoms with E-state index in [1.54, 1.807) is 38.1 Å². The van der Waals surface area contributed by atoms with Crippen LogP contribution in [-0.2, 0) is 29.2 Å². The SMILES string of the molecule is Cc1ccc(S(=O)(=O)Oc2cccc(C(CC(=O)OC(C)C)C(N)C(=O)OCC3c4ccccc4-c4ccccc43)c2)cc1. The second-order valence-electron chi connectivity index (χ2n) is 11.2. The Morgan fingerprint density at radius 1 is 0.841 bits per heavy atom. The first-order chi connectivity index (χ1) is 21.0. The largest absolute Gasteiger partial charge is 0.464 e. The Bertz CT molecular complexity index is 1720. The zero-order valence-corrected chi connectivity index (χ0v) is 25.6. The molecule has 0 aliphatic heterocycles. The van der Waals surface area contributed by atoms with Gasteiger partial charge in [-0.2, -0.15) is 8.42 Å². The van der Waals surface area contributed by atoms with Gasteiger partial charge in [-0.3, -0.25) is 9.59 Å². The summed E-state index contributed by atoms with van der Waals surface area (Å²) in [6, 6.07) is 27.2. The predicted octanol–water partition coefficient (Wildman–Crippen LogP) is 5.87. The Balaban J connectivity index is 1.37. The fourth-order valence-corrected chi connectivity index (χ4v) is 6.41. The number of aryl methyl sites for hydroxylation is 1. The lowest BCUT2D eigenvalue weighted by Crippen LogP contribution is -2.40. The summed E-state index contributed by atoms with van der Waals surface area (Å²) in [6.07, 6.45) is -0.597. The number of rotatable bonds is 11. The van der Waals surface area contributed by atoms with Crippen LogP contribution in [0.25, 0.3) is 11.1 Å². The van der Waals surface area contributed by atoms with Gasteiger partial charge in [-0.1, -0.05) is 78.4 Å². The van der Waals surface area contributed by atoms with E-state index in [4.69, 9.17) is 19.4 Å². The summed E-state index contributed by atoms with van der Waals surface area (Å²) >= 11 is 0. The minimum absolute atomic E-state index is 0.000836. The highest BCUT2D eigenvalue weighted by Gasteiger charge is 2.34. The lowest BCUT2D eigenvalue weighted by molar-refractivity contribution is -0.149. The number of fused-ring (bicyclic) bond motifs is 3. The molecule has 0 saturated carbocycles. The van der Waals surface area contributed by atoms with Gasteiger partial charge in [0.15, 0.2) is 0 Å². The van der Waals surface area contributed by atoms with Crippen molar-refractivity contribution in [2.75, 3.05) is 6.61 Å². The maximum Gasteiger partial charge on any atom is 0.339 e. The van der Waals surface area contributed by atoms with Crippen LogP contribution in [0.4, 0.5) is 0 Å². The van der Waals surface area contributed by atoms with Crippen molar-refractivity contribution in [3.63, 3.8) is 0 Å². The van der Waals surface area contributed by atoms with Crippen LogP contribution in [0.2, 0.25) is 0 Å². The summed E-state index contributed by atoms with van der Waals surface area (Å²) in [5.74, 6) is -2.25. The minimum atomic E-state index is -4.13. The third kappa shape index (κ3) is 6.85. The van der Waals surface area contributed by atoms with Gasteiger partial charge in [-0.05, 0) is 72.9 Å². The molecule has 2 atom stereocenters. The molecule has 4 aromatic carbocycles. The van der Waals surface area contributed by atoms with Crippen molar-refractivity contribution in [1.29, 1.82) is 0 Å². The third-order valence-corrected chi connectivity index (χ3v) is 8.88. The molecular weight excluding hydrogens is 578 g/mol. The van der Waals surface area contributed by atoms with Crippen LogP contribution in [0.15, 0.2) is 102 Å². The van der Waals surface area contributed by atoms with Gasteiger partial charge in [0, 0.05) is 11.8 Å². The third-order valence-electron chi connectivity index (χ3n) is 7.62. The Morgan fingerprint density at radius 3 is 2.07 bits per heavy atom. The zero-order chi connectivity index (χ0) is 31.4. The van der Waals surface area contributed by atoms with E-state index in [-0.39, 0.29) is 35.7 Å². The Kier molecular flexibility index (Phi) is 9.17. The van der Waals surface area contributed by atoms with E-state index < -0.39 is 34.0 Å². The van der Waals surface area contributed by atoms with Crippen molar-refractivity contribution >= 4 is 22.1 Å². The lowest BCUT2D eigenvalue weighted by atomic mass is 9.88. The van der Waals surface area contributed by atoms with E-state index >= 15 is 0 Å². The second kappa shape index (κ2) is 13.0. The number of ether oxygens (including phenoxy) is 2. The second-order valence-corrected chi connectivity index (χ2v) is 12.7. The maximum atomic E-state index is 13.4. The van der Waals surface area contributed by atoms with Crippen molar-refractivity contribution in [3.05, 3.63) is 119 Å². The molecule has 9 heteroatoms. The summed E-state index contributed by atoms with van der Waals surface area (Å²) in [5.41, 5.74) is 12.1. The molecule has 4 aromatic rings. The molecule has 0 spiro atoms. The Labute approximate surface area is 257 Å². The van der Waals surface area contributed by atoms with E-state index in [2.05, 4.69) is 0 Å². The van der Waals surface area contributed by atoms with Gasteiger partial charge in [-0.25, -0.2) is 0 Å². The molecule has 0 amide bonds. The first kappa shape index (κ1) is 31.0. The van der Waals surface area contributed by atoms with Crippen LogP contribution in [0.1, 0.15) is 54.4 Å². The van der Waals surface area contributed by atoms with E-state index in [0.29, 0.717) is 5.56 Å². The molecule has 228 valence electrons. The quantitative estimate of drug-likeness (QED) is 0.165. The monoisotopic (exact) mass is 613 g/mol. The fourth-order valence-electron chi connectivity index (χ4n) is 5.48. The van der Waals surface area contributed by atoms with E-state index in [1.165, 1.54) is 24.3 Å². The van der Waals surface area contributed by atoms with Crippen molar-refractivity contribution in [2.45, 2.75) is 56.1 Å². The lowest BCUT2D eigenvalue weighted by Gasteiger charge is -2.24. The number of carbonyl (C=O) groups excluding carboxylic acids is 2. The molecule has 0 saturated heterocycles. The Morgan fingerprint density at radius 2 is 1.45 bits per heavy atom. The molecule has 0 heterocycles. The van der Waals surface area contributed by atoms with Crippen LogP contribution in [-0.4, -0.2) is 39.1 Å². The average molecular weight is 614 g/mol. The van der Waals surface area contributed by atoms with Gasteiger partial charge in [0.1, 0.15) is 23.3 Å². The van der Waals surface area contributed by atoms with E-state index in [9.17, 15) is 18.0 Å². The summed E-state index contributed by atoms with van der Waals surface area (Å²) in [7, 11) is -4.13. The van der Waals surface area contributed by atoms with Gasteiger partial charge in [-0.15, -0.1) is 0 Å². The van der Waals surface area contributed by atoms with Gasteiger partial charge in [0.25, 0.3) is 0 Å². The normalized spacial score (nSPS) is 13.9. The summed E-state index contributed by atoms with van der Waals surface area (Å²) in [6.45, 7) is 5.37. The van der Waals surface area contributed by atoms with Crippen molar-refractivity contribution in [3.8, 4) is 16.9 Å². The van der Waals surface area contributed by atoms with Crippen LogP contribution in [0.3, 0.4) is 0 Å². The van der Waals surface area contributed by atoms with Crippen LogP contribution >= 0.6 is 0 Å². The first-order valence-corrected chi connectivity index (χ1v) is 15.9. The molecule has 8 nitrogen and oxygen atoms in total. The summed E-state index contributed by atoms with van der Waals surface area (Å²) < 4.78 is 42.4. The van der Waals surface area contributed by atoms with Crippen molar-refractivity contribution in [1.82, 2.24) is 0 Å². The predicted molar refractivity (Wildman–Crippen MR) is 167 cm³/mol. The van der Waals surface area contributed by atoms with Gasteiger partial charge < -0.3 is 19.4 Å². The molecule has 5 rings (SSSR count). The molecule has 0 fully saturated rings. The van der Waals surface area contributed by atoms with Crippen LogP contribution < -0.4 is 9.92 Å². The molecule has 1 aliphatic rings. The molecule has 44 heavy (non-hydrogen) atoms. The van der Waals surface area contributed by atoms with Gasteiger partial charge >= 0.3 is 22.1 Å². The summed E-state index contributed by atoms with van der Waals surface area (Å²) in [4.78, 5) is 26.2. The fraction of sp³-hybridized carbons (Fsp3) is 0.257. The van der Waals surface area contributed by atoms with Crippen molar-refractivity contribution < 1.29 is 31.7 Å². The minimum Gasteiger partial charge on any atom is -0.464 e. The Hall–Kier alpha value is -4.47. The topological polar surface area (TPSA) is 122 Å². The number of esters is 2. The van der Waals surface area contributed by atoms with Gasteiger partial charge in [0.05, 0.1) is 12.5 Å². The number of carbonyl (C=O) groups is 2. The molecular formula is C35H35NO7S. The average Bonchev–Trinajstić information content (AvgIpc) is 3.31. The molecule has 2 unspecified atom stereocenters. The molecule has 0 bridgehead atoms. The maximum absolute atomic E-state index is 13.4.